The van der Waals surface area contributed by atoms with E-state index >= 15 is 0 Å². The van der Waals surface area contributed by atoms with Gasteiger partial charge in [-0.15, -0.1) is 0 Å². The summed E-state index contributed by atoms with van der Waals surface area (Å²) in [5, 5.41) is 16.7. The summed E-state index contributed by atoms with van der Waals surface area (Å²) in [4.78, 5) is 24.7. The van der Waals surface area contributed by atoms with Crippen LogP contribution < -0.4 is 10.8 Å². The number of aromatic nitrogens is 2. The Balaban J connectivity index is 1.31. The second-order valence-electron chi connectivity index (χ2n) is 8.92. The van der Waals surface area contributed by atoms with Crippen molar-refractivity contribution < 1.29 is 19.5 Å². The fraction of sp³-hybridized carbons (Fsp3) is 0.400. The maximum atomic E-state index is 12.8. The van der Waals surface area contributed by atoms with E-state index in [0.717, 1.165) is 17.5 Å². The fourth-order valence-corrected chi connectivity index (χ4v) is 4.74. The predicted octanol–water partition coefficient (Wildman–Crippen LogP) is 2.83. The lowest BCUT2D eigenvalue weighted by molar-refractivity contribution is -0.138. The number of hydrogen-bond donors (Lipinski definition) is 3. The molecule has 0 unspecified atom stereocenters. The Morgan fingerprint density at radius 1 is 1.12 bits per heavy atom. The first-order valence-corrected chi connectivity index (χ1v) is 11.5. The Bertz CT molecular complexity index is 1150. The highest BCUT2D eigenvalue weighted by Gasteiger charge is 2.33. The first-order chi connectivity index (χ1) is 16.1. The van der Waals surface area contributed by atoms with Crippen molar-refractivity contribution in [1.82, 2.24) is 20.4 Å². The number of carbonyl (C=O) groups is 2. The van der Waals surface area contributed by atoms with E-state index < -0.39 is 11.8 Å². The van der Waals surface area contributed by atoms with Crippen LogP contribution in [-0.2, 0) is 16.0 Å². The van der Waals surface area contributed by atoms with E-state index in [4.69, 9.17) is 15.0 Å². The van der Waals surface area contributed by atoms with Crippen molar-refractivity contribution in [1.29, 1.82) is 0 Å². The number of benzene rings is 1. The van der Waals surface area contributed by atoms with Crippen molar-refractivity contribution in [3.63, 3.8) is 0 Å². The van der Waals surface area contributed by atoms with E-state index in [2.05, 4.69) is 11.4 Å². The van der Waals surface area contributed by atoms with Gasteiger partial charge in [-0.3, -0.25) is 14.8 Å². The van der Waals surface area contributed by atoms with Crippen LogP contribution in [0.4, 0.5) is 0 Å². The van der Waals surface area contributed by atoms with Crippen LogP contribution in [0.1, 0.15) is 58.8 Å². The Morgan fingerprint density at radius 3 is 2.67 bits per heavy atom. The highest BCUT2D eigenvalue weighted by molar-refractivity contribution is 5.95. The summed E-state index contributed by atoms with van der Waals surface area (Å²) >= 11 is 0. The van der Waals surface area contributed by atoms with Crippen LogP contribution in [0.5, 0.6) is 0 Å². The second-order valence-corrected chi connectivity index (χ2v) is 8.92. The molecule has 1 saturated heterocycles. The monoisotopic (exact) mass is 448 g/mol. The first-order valence-electron chi connectivity index (χ1n) is 11.5. The van der Waals surface area contributed by atoms with E-state index in [9.17, 15) is 9.59 Å². The summed E-state index contributed by atoms with van der Waals surface area (Å²) in [6, 6.07) is 13.4. The van der Waals surface area contributed by atoms with Gasteiger partial charge in [-0.2, -0.15) is 5.10 Å². The molecule has 2 aromatic heterocycles. The lowest BCUT2D eigenvalue weighted by Gasteiger charge is -2.30. The number of nitrogens with zero attached hydrogens (tertiary/aromatic N) is 2. The molecule has 3 aromatic rings. The number of ether oxygens (including phenoxy) is 1. The molecular weight excluding hydrogens is 420 g/mol. The minimum Gasteiger partial charge on any atom is -0.380 e. The van der Waals surface area contributed by atoms with Gasteiger partial charge in [-0.1, -0.05) is 24.6 Å². The van der Waals surface area contributed by atoms with Crippen LogP contribution in [-0.4, -0.2) is 45.9 Å². The highest BCUT2D eigenvalue weighted by Crippen LogP contribution is 2.39. The summed E-state index contributed by atoms with van der Waals surface area (Å²) in [6.07, 6.45) is 6.92. The van der Waals surface area contributed by atoms with Gasteiger partial charge in [-0.25, -0.2) is 10.00 Å². The van der Waals surface area contributed by atoms with E-state index in [0.29, 0.717) is 24.5 Å². The summed E-state index contributed by atoms with van der Waals surface area (Å²) in [5.74, 6) is -0.873. The summed E-state index contributed by atoms with van der Waals surface area (Å²) in [5.41, 5.74) is 6.91. The summed E-state index contributed by atoms with van der Waals surface area (Å²) in [6.45, 7) is 0.626. The molecule has 2 atom stereocenters. The van der Waals surface area contributed by atoms with Crippen molar-refractivity contribution in [2.45, 2.75) is 44.1 Å². The van der Waals surface area contributed by atoms with E-state index in [1.807, 2.05) is 47.1 Å². The molecule has 8 heteroatoms. The van der Waals surface area contributed by atoms with Crippen LogP contribution in [0, 0.1) is 5.92 Å². The average molecular weight is 449 g/mol. The van der Waals surface area contributed by atoms with Crippen molar-refractivity contribution >= 4 is 17.3 Å². The van der Waals surface area contributed by atoms with E-state index in [1.54, 1.807) is 5.48 Å². The van der Waals surface area contributed by atoms with Gasteiger partial charge < -0.3 is 10.1 Å². The van der Waals surface area contributed by atoms with Gasteiger partial charge in [0.15, 0.2) is 0 Å². The number of hydroxylamine groups is 1. The predicted molar refractivity (Wildman–Crippen MR) is 121 cm³/mol. The molecule has 2 amide bonds. The maximum absolute atomic E-state index is 12.8. The van der Waals surface area contributed by atoms with E-state index in [-0.39, 0.29) is 18.6 Å². The van der Waals surface area contributed by atoms with Gasteiger partial charge in [0.05, 0.1) is 23.7 Å². The third kappa shape index (κ3) is 4.36. The van der Waals surface area contributed by atoms with Crippen molar-refractivity contribution in [3.8, 4) is 0 Å². The maximum Gasteiger partial charge on any atom is 0.251 e. The SMILES string of the molecule is O=C(N[C@@H]1CCOC[C@@H]1C(=O)NO)c1ccc(Cc2c(C3CCC3)nn3ccccc23)cc1. The molecule has 2 fully saturated rings. The first kappa shape index (κ1) is 21.6. The molecule has 8 nitrogen and oxygen atoms in total. The minimum absolute atomic E-state index is 0.166. The largest absolute Gasteiger partial charge is 0.380 e. The number of fused-ring (bicyclic) bond motifs is 1. The average Bonchev–Trinajstić information content (AvgIpc) is 3.16. The third-order valence-electron chi connectivity index (χ3n) is 6.88. The van der Waals surface area contributed by atoms with Crippen molar-refractivity contribution in [3.05, 3.63) is 71.0 Å². The number of hydrogen-bond acceptors (Lipinski definition) is 5. The molecule has 0 spiro atoms. The number of carbonyl (C=O) groups excluding carboxylic acids is 2. The Hall–Kier alpha value is -3.23. The molecule has 0 radical (unpaired) electrons. The fourth-order valence-electron chi connectivity index (χ4n) is 4.74. The Kier molecular flexibility index (Phi) is 6.11. The number of nitrogens with one attached hydrogen (secondary N) is 2. The zero-order valence-electron chi connectivity index (χ0n) is 18.4. The molecule has 1 saturated carbocycles. The third-order valence-corrected chi connectivity index (χ3v) is 6.88. The van der Waals surface area contributed by atoms with Gasteiger partial charge in [0.1, 0.15) is 0 Å². The molecule has 3 heterocycles. The number of rotatable bonds is 6. The number of amides is 2. The van der Waals surface area contributed by atoms with Gasteiger partial charge in [0.25, 0.3) is 11.8 Å². The standard InChI is InChI=1S/C25H28N4O4/c30-24(26-21-11-13-33-15-20(21)25(31)28-32)18-9-7-16(8-10-18)14-19-22-6-1-2-12-29(22)27-23(19)17-4-3-5-17/h1-2,6-10,12,17,20-21,32H,3-5,11,13-15H2,(H,26,30)(H,28,31)/t20-,21+/m0/s1. The van der Waals surface area contributed by atoms with Crippen LogP contribution in [0.2, 0.25) is 0 Å². The van der Waals surface area contributed by atoms with Crippen LogP contribution in [0.25, 0.3) is 5.52 Å². The summed E-state index contributed by atoms with van der Waals surface area (Å²) < 4.78 is 7.30. The molecule has 1 aromatic carbocycles. The quantitative estimate of drug-likeness (QED) is 0.397. The zero-order chi connectivity index (χ0) is 22.8. The second kappa shape index (κ2) is 9.33. The highest BCUT2D eigenvalue weighted by atomic mass is 16.5. The molecule has 1 aliphatic heterocycles. The minimum atomic E-state index is -0.618. The topological polar surface area (TPSA) is 105 Å². The lowest BCUT2D eigenvalue weighted by atomic mass is 9.80. The Labute approximate surface area is 191 Å². The van der Waals surface area contributed by atoms with Gasteiger partial charge in [0, 0.05) is 42.3 Å². The molecule has 2 aliphatic rings. The molecule has 1 aliphatic carbocycles. The number of pyridine rings is 1. The lowest BCUT2D eigenvalue weighted by Crippen LogP contribution is -2.51. The molecule has 33 heavy (non-hydrogen) atoms. The van der Waals surface area contributed by atoms with Crippen LogP contribution >= 0.6 is 0 Å². The van der Waals surface area contributed by atoms with Gasteiger partial charge in [-0.05, 0) is 49.1 Å². The molecule has 172 valence electrons. The van der Waals surface area contributed by atoms with Crippen LogP contribution in [0.3, 0.4) is 0 Å². The van der Waals surface area contributed by atoms with Crippen molar-refractivity contribution in [2.24, 2.45) is 5.92 Å². The van der Waals surface area contributed by atoms with E-state index in [1.165, 1.54) is 30.5 Å². The van der Waals surface area contributed by atoms with Gasteiger partial charge in [0.2, 0.25) is 0 Å². The smallest absolute Gasteiger partial charge is 0.251 e. The Morgan fingerprint density at radius 2 is 1.94 bits per heavy atom. The van der Waals surface area contributed by atoms with Crippen molar-refractivity contribution in [2.75, 3.05) is 13.2 Å². The molecule has 0 bridgehead atoms. The van der Waals surface area contributed by atoms with Crippen LogP contribution in [0.15, 0.2) is 48.7 Å². The molecule has 3 N–H and O–H groups in total. The molecule has 5 rings (SSSR count). The zero-order valence-corrected chi connectivity index (χ0v) is 18.4. The summed E-state index contributed by atoms with van der Waals surface area (Å²) in [7, 11) is 0. The van der Waals surface area contributed by atoms with Gasteiger partial charge >= 0.3 is 0 Å². The normalized spacial score (nSPS) is 20.9. The molecular formula is C25H28N4O4.